The van der Waals surface area contributed by atoms with E-state index in [1.807, 2.05) is 29.6 Å². The maximum atomic E-state index is 13.9. The molecule has 1 aromatic rings. The fraction of sp³-hybridized carbons (Fsp3) is 0.455. The van der Waals surface area contributed by atoms with Crippen LogP contribution >= 0.6 is 39.5 Å². The second-order valence-corrected chi connectivity index (χ2v) is 7.73. The summed E-state index contributed by atoms with van der Waals surface area (Å²) < 4.78 is 15.0. The van der Waals surface area contributed by atoms with Crippen LogP contribution in [0.5, 0.6) is 0 Å². The van der Waals surface area contributed by atoms with Gasteiger partial charge in [-0.2, -0.15) is 0 Å². The highest BCUT2D eigenvalue weighted by molar-refractivity contribution is 9.10. The molecule has 0 saturated carbocycles. The van der Waals surface area contributed by atoms with Gasteiger partial charge in [0.15, 0.2) is 0 Å². The van der Waals surface area contributed by atoms with Gasteiger partial charge < -0.3 is 0 Å². The van der Waals surface area contributed by atoms with Crippen LogP contribution in [-0.2, 0) is 10.5 Å². The molecular weight excluding hydrogens is 295 g/mol. The molecule has 1 saturated heterocycles. The summed E-state index contributed by atoms with van der Waals surface area (Å²) in [5.41, 5.74) is 2.15. The summed E-state index contributed by atoms with van der Waals surface area (Å²) in [5, 5.41) is 0. The lowest BCUT2D eigenvalue weighted by Crippen LogP contribution is -2.11. The largest absolute Gasteiger partial charge is 0.207 e. The quantitative estimate of drug-likeness (QED) is 0.705. The van der Waals surface area contributed by atoms with Gasteiger partial charge in [0.2, 0.25) is 0 Å². The van der Waals surface area contributed by atoms with E-state index in [9.17, 15) is 4.39 Å². The Morgan fingerprint density at radius 3 is 2.73 bits per heavy atom. The second-order valence-electron chi connectivity index (χ2n) is 3.83. The lowest BCUT2D eigenvalue weighted by molar-refractivity contribution is 0.607. The average molecular weight is 305 g/mol. The average Bonchev–Trinajstić information content (AvgIpc) is 2.83. The van der Waals surface area contributed by atoms with Crippen molar-refractivity contribution in [3.05, 3.63) is 33.5 Å². The Hall–Kier alpha value is 0.330. The molecule has 3 rings (SSSR count). The Labute approximate surface area is 106 Å². The van der Waals surface area contributed by atoms with Gasteiger partial charge in [-0.1, -0.05) is 15.9 Å². The highest BCUT2D eigenvalue weighted by Gasteiger charge is 2.45. The molecule has 0 atom stereocenters. The summed E-state index contributed by atoms with van der Waals surface area (Å²) in [7, 11) is 0. The molecular formula is C11H10BrFS2. The van der Waals surface area contributed by atoms with Crippen LogP contribution in [0, 0.1) is 5.82 Å². The van der Waals surface area contributed by atoms with E-state index in [0.717, 1.165) is 34.4 Å². The molecule has 1 fully saturated rings. The summed E-state index contributed by atoms with van der Waals surface area (Å²) in [4.78, 5) is 0. The number of hydrogen-bond donors (Lipinski definition) is 0. The van der Waals surface area contributed by atoms with E-state index in [-0.39, 0.29) is 9.90 Å². The van der Waals surface area contributed by atoms with Crippen LogP contribution < -0.4 is 0 Å². The van der Waals surface area contributed by atoms with Crippen molar-refractivity contribution in [2.24, 2.45) is 0 Å². The minimum absolute atomic E-state index is 0.0207. The van der Waals surface area contributed by atoms with E-state index in [1.54, 1.807) is 6.07 Å². The second kappa shape index (κ2) is 3.67. The molecule has 1 aliphatic heterocycles. The van der Waals surface area contributed by atoms with Crippen molar-refractivity contribution in [3.63, 3.8) is 0 Å². The standard InChI is InChI=1S/C11H10BrFS2/c12-8-1-2-9(13)10-7(8)3-4-11(10)14-5-6-15-11/h1-2H,3-6H2. The molecule has 4 heteroatoms. The first-order valence-electron chi connectivity index (χ1n) is 4.98. The topological polar surface area (TPSA) is 0 Å². The highest BCUT2D eigenvalue weighted by Crippen LogP contribution is 2.60. The lowest BCUT2D eigenvalue weighted by Gasteiger charge is -2.22. The number of rotatable bonds is 0. The maximum absolute atomic E-state index is 13.9. The predicted molar refractivity (Wildman–Crippen MR) is 69.0 cm³/mol. The van der Waals surface area contributed by atoms with Crippen LogP contribution in [0.25, 0.3) is 0 Å². The molecule has 2 aliphatic rings. The minimum Gasteiger partial charge on any atom is -0.207 e. The first-order chi connectivity index (χ1) is 7.23. The van der Waals surface area contributed by atoms with Gasteiger partial charge in [0.05, 0.1) is 4.08 Å². The van der Waals surface area contributed by atoms with Crippen molar-refractivity contribution in [2.75, 3.05) is 11.5 Å². The molecule has 0 N–H and O–H groups in total. The van der Waals surface area contributed by atoms with Crippen LogP contribution in [0.1, 0.15) is 17.5 Å². The van der Waals surface area contributed by atoms with E-state index in [1.165, 1.54) is 5.56 Å². The van der Waals surface area contributed by atoms with Crippen molar-refractivity contribution >= 4 is 39.5 Å². The number of hydrogen-bond acceptors (Lipinski definition) is 2. The minimum atomic E-state index is -0.0207. The number of benzene rings is 1. The third-order valence-corrected chi connectivity index (χ3v) is 7.32. The number of fused-ring (bicyclic) bond motifs is 2. The Morgan fingerprint density at radius 2 is 2.00 bits per heavy atom. The highest BCUT2D eigenvalue weighted by atomic mass is 79.9. The Morgan fingerprint density at radius 1 is 1.27 bits per heavy atom. The molecule has 1 aliphatic carbocycles. The fourth-order valence-electron chi connectivity index (χ4n) is 2.41. The predicted octanol–water partition coefficient (Wildman–Crippen LogP) is 4.17. The van der Waals surface area contributed by atoms with Crippen molar-refractivity contribution in [1.82, 2.24) is 0 Å². The Balaban J connectivity index is 2.20. The lowest BCUT2D eigenvalue weighted by atomic mass is 10.1. The normalized spacial score (nSPS) is 22.3. The zero-order valence-electron chi connectivity index (χ0n) is 8.06. The maximum Gasteiger partial charge on any atom is 0.129 e. The van der Waals surface area contributed by atoms with Crippen LogP contribution in [0.3, 0.4) is 0 Å². The molecule has 0 amide bonds. The number of halogens is 2. The number of thioether (sulfide) groups is 2. The van der Waals surface area contributed by atoms with Gasteiger partial charge in [0, 0.05) is 21.5 Å². The molecule has 1 heterocycles. The van der Waals surface area contributed by atoms with Gasteiger partial charge in [-0.05, 0) is 30.5 Å². The van der Waals surface area contributed by atoms with E-state index >= 15 is 0 Å². The van der Waals surface area contributed by atoms with Gasteiger partial charge in [0.25, 0.3) is 0 Å². The van der Waals surface area contributed by atoms with E-state index in [2.05, 4.69) is 15.9 Å². The van der Waals surface area contributed by atoms with Crippen LogP contribution in [0.2, 0.25) is 0 Å². The Kier molecular flexibility index (Phi) is 2.57. The van der Waals surface area contributed by atoms with E-state index < -0.39 is 0 Å². The summed E-state index contributed by atoms with van der Waals surface area (Å²) in [6, 6.07) is 3.42. The summed E-state index contributed by atoms with van der Waals surface area (Å²) >= 11 is 7.37. The van der Waals surface area contributed by atoms with E-state index in [0.29, 0.717) is 0 Å². The van der Waals surface area contributed by atoms with Gasteiger partial charge in [-0.25, -0.2) is 4.39 Å². The van der Waals surface area contributed by atoms with Gasteiger partial charge in [-0.3, -0.25) is 0 Å². The van der Waals surface area contributed by atoms with Gasteiger partial charge in [-0.15, -0.1) is 23.5 Å². The van der Waals surface area contributed by atoms with Crippen LogP contribution in [-0.4, -0.2) is 11.5 Å². The first kappa shape index (κ1) is 10.5. The SMILES string of the molecule is Fc1ccc(Br)c2c1C1(CC2)SCCS1. The summed E-state index contributed by atoms with van der Waals surface area (Å²) in [6.07, 6.45) is 2.09. The molecule has 80 valence electrons. The summed E-state index contributed by atoms with van der Waals surface area (Å²) in [5.74, 6) is 2.28. The van der Waals surface area contributed by atoms with Crippen LogP contribution in [0.15, 0.2) is 16.6 Å². The zero-order valence-corrected chi connectivity index (χ0v) is 11.3. The molecule has 0 unspecified atom stereocenters. The molecule has 0 bridgehead atoms. The van der Waals surface area contributed by atoms with Crippen molar-refractivity contribution < 1.29 is 4.39 Å². The van der Waals surface area contributed by atoms with Crippen LogP contribution in [0.4, 0.5) is 4.39 Å². The molecule has 1 spiro atoms. The van der Waals surface area contributed by atoms with Crippen molar-refractivity contribution in [3.8, 4) is 0 Å². The molecule has 15 heavy (non-hydrogen) atoms. The monoisotopic (exact) mass is 304 g/mol. The third-order valence-electron chi connectivity index (χ3n) is 3.04. The summed E-state index contributed by atoms with van der Waals surface area (Å²) in [6.45, 7) is 0. The molecule has 0 aromatic heterocycles. The molecule has 0 nitrogen and oxygen atoms in total. The Bertz CT molecular complexity index is 413. The third kappa shape index (κ3) is 1.48. The zero-order chi connectivity index (χ0) is 10.5. The van der Waals surface area contributed by atoms with Gasteiger partial charge >= 0.3 is 0 Å². The molecule has 1 aromatic carbocycles. The smallest absolute Gasteiger partial charge is 0.129 e. The first-order valence-corrected chi connectivity index (χ1v) is 7.75. The fourth-order valence-corrected chi connectivity index (χ4v) is 6.32. The van der Waals surface area contributed by atoms with E-state index in [4.69, 9.17) is 0 Å². The van der Waals surface area contributed by atoms with Gasteiger partial charge in [0.1, 0.15) is 5.82 Å². The molecule has 0 radical (unpaired) electrons. The van der Waals surface area contributed by atoms with Crippen molar-refractivity contribution in [1.29, 1.82) is 0 Å². The van der Waals surface area contributed by atoms with Crippen molar-refractivity contribution in [2.45, 2.75) is 16.9 Å².